The van der Waals surface area contributed by atoms with Gasteiger partial charge in [0.15, 0.2) is 0 Å². The number of halogens is 1. The van der Waals surface area contributed by atoms with Crippen LogP contribution >= 0.6 is 12.4 Å². The van der Waals surface area contributed by atoms with Crippen molar-refractivity contribution in [3.8, 4) is 5.75 Å². The zero-order chi connectivity index (χ0) is 16.7. The molecule has 7 heteroatoms. The van der Waals surface area contributed by atoms with Crippen LogP contribution < -0.4 is 15.2 Å². The van der Waals surface area contributed by atoms with E-state index in [1.165, 1.54) is 0 Å². The summed E-state index contributed by atoms with van der Waals surface area (Å²) in [5.74, 6) is 0.717. The lowest BCUT2D eigenvalue weighted by Gasteiger charge is -2.13. The molecule has 0 aliphatic heterocycles. The molecule has 0 amide bonds. The second-order valence-corrected chi connectivity index (χ2v) is 7.08. The molecule has 2 rings (SSSR count). The van der Waals surface area contributed by atoms with Crippen molar-refractivity contribution in [3.05, 3.63) is 36.4 Å². The van der Waals surface area contributed by atoms with Gasteiger partial charge in [-0.3, -0.25) is 0 Å². The average molecular weight is 373 g/mol. The van der Waals surface area contributed by atoms with Crippen molar-refractivity contribution >= 4 is 33.2 Å². The molecule has 0 saturated heterocycles. The summed E-state index contributed by atoms with van der Waals surface area (Å²) in [6.45, 7) is 3.25. The first-order valence-electron chi connectivity index (χ1n) is 7.94. The van der Waals surface area contributed by atoms with E-state index in [0.29, 0.717) is 12.0 Å². The monoisotopic (exact) mass is 372 g/mol. The Morgan fingerprint density at radius 3 is 2.46 bits per heavy atom. The van der Waals surface area contributed by atoms with E-state index in [0.717, 1.165) is 30.4 Å². The summed E-state index contributed by atoms with van der Waals surface area (Å²) in [5, 5.41) is 1.46. The Balaban J connectivity index is 0.00000288. The first kappa shape index (κ1) is 20.7. The molecule has 2 aromatic carbocycles. The maximum absolute atomic E-state index is 12.4. The van der Waals surface area contributed by atoms with Crippen molar-refractivity contribution in [2.45, 2.75) is 31.1 Å². The van der Waals surface area contributed by atoms with E-state index in [1.807, 2.05) is 18.2 Å². The number of hydrogen-bond donors (Lipinski definition) is 2. The van der Waals surface area contributed by atoms with E-state index < -0.39 is 10.0 Å². The Labute approximate surface area is 150 Å². The molecule has 0 fully saturated rings. The molecule has 5 nitrogen and oxygen atoms in total. The van der Waals surface area contributed by atoms with Crippen LogP contribution in [0.1, 0.15) is 26.2 Å². The van der Waals surface area contributed by atoms with Gasteiger partial charge in [0, 0.05) is 23.9 Å². The molecule has 2 aromatic rings. The van der Waals surface area contributed by atoms with Gasteiger partial charge < -0.3 is 10.5 Å². The van der Waals surface area contributed by atoms with E-state index in [2.05, 4.69) is 11.6 Å². The Morgan fingerprint density at radius 1 is 1.08 bits per heavy atom. The topological polar surface area (TPSA) is 81.4 Å². The third-order valence-corrected chi connectivity index (χ3v) is 5.09. The molecule has 24 heavy (non-hydrogen) atoms. The fourth-order valence-corrected chi connectivity index (χ4v) is 3.67. The maximum Gasteiger partial charge on any atom is 0.241 e. The molecule has 0 radical (unpaired) electrons. The smallest absolute Gasteiger partial charge is 0.241 e. The van der Waals surface area contributed by atoms with Gasteiger partial charge >= 0.3 is 0 Å². The Morgan fingerprint density at radius 2 is 1.79 bits per heavy atom. The molecule has 0 bridgehead atoms. The Bertz CT molecular complexity index is 751. The molecule has 0 unspecified atom stereocenters. The molecule has 3 N–H and O–H groups in total. The fraction of sp³-hybridized carbons (Fsp3) is 0.412. The number of unbranched alkanes of at least 4 members (excludes halogenated alkanes) is 2. The van der Waals surface area contributed by atoms with Crippen molar-refractivity contribution in [1.82, 2.24) is 4.72 Å². The Hall–Kier alpha value is -1.34. The van der Waals surface area contributed by atoms with Crippen LogP contribution in [0, 0.1) is 0 Å². The van der Waals surface area contributed by atoms with Gasteiger partial charge in [-0.1, -0.05) is 44.0 Å². The maximum atomic E-state index is 12.4. The van der Waals surface area contributed by atoms with Gasteiger partial charge in [-0.2, -0.15) is 0 Å². The van der Waals surface area contributed by atoms with Gasteiger partial charge in [0.1, 0.15) is 5.75 Å². The third-order valence-electron chi connectivity index (χ3n) is 3.58. The first-order valence-corrected chi connectivity index (χ1v) is 9.42. The molecule has 0 spiro atoms. The average Bonchev–Trinajstić information content (AvgIpc) is 2.56. The number of fused-ring (bicyclic) bond motifs is 1. The first-order chi connectivity index (χ1) is 11.1. The van der Waals surface area contributed by atoms with E-state index in [4.69, 9.17) is 10.5 Å². The standard InChI is InChI=1S/C17H24N2O3S.ClH/c1-2-3-6-13-22-16-9-10-17(23(20,21)19-12-11-18)15-8-5-4-7-14(15)16;/h4-5,7-10,19H,2-3,6,11-13,18H2,1H3;1H. The lowest BCUT2D eigenvalue weighted by atomic mass is 10.1. The molecule has 0 heterocycles. The quantitative estimate of drug-likeness (QED) is 0.663. The van der Waals surface area contributed by atoms with Crippen molar-refractivity contribution in [1.29, 1.82) is 0 Å². The lowest BCUT2D eigenvalue weighted by Crippen LogP contribution is -2.29. The lowest BCUT2D eigenvalue weighted by molar-refractivity contribution is 0.309. The number of ether oxygens (including phenoxy) is 1. The number of nitrogens with one attached hydrogen (secondary N) is 1. The summed E-state index contributed by atoms with van der Waals surface area (Å²) in [6, 6.07) is 10.7. The summed E-state index contributed by atoms with van der Waals surface area (Å²) in [7, 11) is -3.58. The number of nitrogens with two attached hydrogens (primary N) is 1. The summed E-state index contributed by atoms with van der Waals surface area (Å²) >= 11 is 0. The minimum atomic E-state index is -3.58. The van der Waals surface area contributed by atoms with Gasteiger partial charge in [-0.05, 0) is 18.6 Å². The van der Waals surface area contributed by atoms with E-state index in [1.54, 1.807) is 18.2 Å². The summed E-state index contributed by atoms with van der Waals surface area (Å²) < 4.78 is 33.2. The van der Waals surface area contributed by atoms with Gasteiger partial charge in [0.2, 0.25) is 10.0 Å². The molecule has 0 atom stereocenters. The Kier molecular flexibility index (Phi) is 8.48. The highest BCUT2D eigenvalue weighted by molar-refractivity contribution is 7.89. The van der Waals surface area contributed by atoms with E-state index >= 15 is 0 Å². The molecule has 0 aliphatic carbocycles. The van der Waals surface area contributed by atoms with Crippen molar-refractivity contribution in [2.75, 3.05) is 19.7 Å². The predicted octanol–water partition coefficient (Wildman–Crippen LogP) is 3.07. The highest BCUT2D eigenvalue weighted by Gasteiger charge is 2.18. The summed E-state index contributed by atoms with van der Waals surface area (Å²) in [4.78, 5) is 0.252. The third kappa shape index (κ3) is 5.08. The van der Waals surface area contributed by atoms with Crippen LogP contribution in [0.25, 0.3) is 10.8 Å². The zero-order valence-corrected chi connectivity index (χ0v) is 15.5. The second kappa shape index (κ2) is 9.84. The van der Waals surface area contributed by atoms with Crippen LogP contribution in [0.5, 0.6) is 5.75 Å². The number of hydrogen-bond acceptors (Lipinski definition) is 4. The normalized spacial score (nSPS) is 11.2. The summed E-state index contributed by atoms with van der Waals surface area (Å²) in [6.07, 6.45) is 3.24. The molecular formula is C17H25ClN2O3S. The summed E-state index contributed by atoms with van der Waals surface area (Å²) in [5.41, 5.74) is 5.38. The number of rotatable bonds is 9. The van der Waals surface area contributed by atoms with Gasteiger partial charge in [-0.15, -0.1) is 12.4 Å². The van der Waals surface area contributed by atoms with Crippen molar-refractivity contribution in [3.63, 3.8) is 0 Å². The SMILES string of the molecule is CCCCCOc1ccc(S(=O)(=O)NCCN)c2ccccc12.Cl. The molecular weight excluding hydrogens is 348 g/mol. The minimum Gasteiger partial charge on any atom is -0.493 e. The van der Waals surface area contributed by atoms with Crippen molar-refractivity contribution in [2.24, 2.45) is 5.73 Å². The van der Waals surface area contributed by atoms with Crippen LogP contribution in [-0.2, 0) is 10.0 Å². The minimum absolute atomic E-state index is 0. The highest BCUT2D eigenvalue weighted by atomic mass is 35.5. The van der Waals surface area contributed by atoms with Gasteiger partial charge in [0.05, 0.1) is 11.5 Å². The van der Waals surface area contributed by atoms with E-state index in [9.17, 15) is 8.42 Å². The highest BCUT2D eigenvalue weighted by Crippen LogP contribution is 2.31. The van der Waals surface area contributed by atoms with E-state index in [-0.39, 0.29) is 30.4 Å². The zero-order valence-electron chi connectivity index (χ0n) is 13.8. The molecule has 0 saturated carbocycles. The van der Waals surface area contributed by atoms with Crippen LogP contribution in [0.4, 0.5) is 0 Å². The van der Waals surface area contributed by atoms with Crippen LogP contribution in [0.3, 0.4) is 0 Å². The van der Waals surface area contributed by atoms with Crippen LogP contribution in [-0.4, -0.2) is 28.1 Å². The molecule has 0 aromatic heterocycles. The van der Waals surface area contributed by atoms with Crippen LogP contribution in [0.2, 0.25) is 0 Å². The largest absolute Gasteiger partial charge is 0.493 e. The van der Waals surface area contributed by atoms with Crippen LogP contribution in [0.15, 0.2) is 41.3 Å². The van der Waals surface area contributed by atoms with Gasteiger partial charge in [0.25, 0.3) is 0 Å². The van der Waals surface area contributed by atoms with Crippen molar-refractivity contribution < 1.29 is 13.2 Å². The number of benzene rings is 2. The molecule has 0 aliphatic rings. The number of sulfonamides is 1. The predicted molar refractivity (Wildman–Crippen MR) is 100 cm³/mol. The van der Waals surface area contributed by atoms with Gasteiger partial charge in [-0.25, -0.2) is 13.1 Å². The second-order valence-electron chi connectivity index (χ2n) is 5.35. The fourth-order valence-electron chi connectivity index (χ4n) is 2.41. The molecule has 134 valence electrons.